The number of amides is 2. The van der Waals surface area contributed by atoms with E-state index in [4.69, 9.17) is 21.1 Å². The second-order valence-electron chi connectivity index (χ2n) is 8.11. The highest BCUT2D eigenvalue weighted by atomic mass is 35.5. The van der Waals surface area contributed by atoms with E-state index >= 15 is 0 Å². The second kappa shape index (κ2) is 12.0. The van der Waals surface area contributed by atoms with E-state index < -0.39 is 18.1 Å². The van der Waals surface area contributed by atoms with Gasteiger partial charge in [0.05, 0.1) is 42.1 Å². The molecule has 2 unspecified atom stereocenters. The van der Waals surface area contributed by atoms with E-state index in [1.807, 2.05) is 0 Å². The summed E-state index contributed by atoms with van der Waals surface area (Å²) in [6.45, 7) is 3.69. The minimum atomic E-state index is -0.740. The maximum atomic E-state index is 12.9. The molecule has 34 heavy (non-hydrogen) atoms. The molecule has 1 fully saturated rings. The van der Waals surface area contributed by atoms with Gasteiger partial charge in [-0.05, 0) is 43.2 Å². The van der Waals surface area contributed by atoms with Crippen LogP contribution in [0.2, 0.25) is 5.02 Å². The van der Waals surface area contributed by atoms with Crippen molar-refractivity contribution in [3.63, 3.8) is 0 Å². The SMILES string of the molecule is COc1cc(NC(C)=O)c(Cl)cc1C(=O)NC1CCN(CCCOc2ccc(F)cc2)CC1O. The molecule has 1 saturated heterocycles. The number of hydrogen-bond donors (Lipinski definition) is 3. The quantitative estimate of drug-likeness (QED) is 0.464. The van der Waals surface area contributed by atoms with E-state index in [0.717, 1.165) is 13.0 Å². The smallest absolute Gasteiger partial charge is 0.255 e. The number of benzene rings is 2. The molecule has 2 amide bonds. The zero-order valence-electron chi connectivity index (χ0n) is 19.1. The van der Waals surface area contributed by atoms with Gasteiger partial charge in [-0.3, -0.25) is 9.59 Å². The van der Waals surface area contributed by atoms with Crippen molar-refractivity contribution in [1.29, 1.82) is 0 Å². The monoisotopic (exact) mass is 493 g/mol. The summed E-state index contributed by atoms with van der Waals surface area (Å²) in [5.74, 6) is -0.140. The molecule has 10 heteroatoms. The molecule has 2 atom stereocenters. The van der Waals surface area contributed by atoms with E-state index in [-0.39, 0.29) is 28.1 Å². The Hall–Kier alpha value is -2.88. The van der Waals surface area contributed by atoms with Crippen LogP contribution in [-0.4, -0.2) is 67.3 Å². The van der Waals surface area contributed by atoms with Gasteiger partial charge in [0.2, 0.25) is 5.91 Å². The van der Waals surface area contributed by atoms with Crippen molar-refractivity contribution < 1.29 is 28.6 Å². The minimum Gasteiger partial charge on any atom is -0.496 e. The Kier molecular flexibility index (Phi) is 9.09. The van der Waals surface area contributed by atoms with Crippen molar-refractivity contribution in [2.45, 2.75) is 31.9 Å². The van der Waals surface area contributed by atoms with Gasteiger partial charge in [0, 0.05) is 32.6 Å². The van der Waals surface area contributed by atoms with Crippen LogP contribution in [0.25, 0.3) is 0 Å². The minimum absolute atomic E-state index is 0.208. The Morgan fingerprint density at radius 3 is 2.65 bits per heavy atom. The maximum Gasteiger partial charge on any atom is 0.255 e. The molecule has 3 N–H and O–H groups in total. The molecule has 8 nitrogen and oxygen atoms in total. The van der Waals surface area contributed by atoms with Gasteiger partial charge in [0.15, 0.2) is 0 Å². The summed E-state index contributed by atoms with van der Waals surface area (Å²) in [6, 6.07) is 8.39. The van der Waals surface area contributed by atoms with Gasteiger partial charge in [-0.1, -0.05) is 11.6 Å². The Balaban J connectivity index is 1.49. The molecule has 1 aliphatic rings. The lowest BCUT2D eigenvalue weighted by Crippen LogP contribution is -2.54. The van der Waals surface area contributed by atoms with Crippen molar-refractivity contribution in [2.75, 3.05) is 38.7 Å². The average molecular weight is 494 g/mol. The predicted octanol–water partition coefficient (Wildman–Crippen LogP) is 3.08. The molecule has 0 aliphatic carbocycles. The van der Waals surface area contributed by atoms with Crippen LogP contribution in [0.4, 0.5) is 10.1 Å². The third kappa shape index (κ3) is 7.06. The van der Waals surface area contributed by atoms with Crippen molar-refractivity contribution in [3.8, 4) is 11.5 Å². The first-order valence-corrected chi connectivity index (χ1v) is 11.4. The standard InChI is InChI=1S/C24H29ClFN3O5/c1-15(30)27-21-13-23(33-2)18(12-19(21)25)24(32)28-20-8-10-29(14-22(20)31)9-3-11-34-17-6-4-16(26)5-7-17/h4-7,12-13,20,22,31H,3,8-11,14H2,1-2H3,(H,27,30)(H,28,32). The van der Waals surface area contributed by atoms with Crippen molar-refractivity contribution in [2.24, 2.45) is 0 Å². The zero-order chi connectivity index (χ0) is 24.7. The van der Waals surface area contributed by atoms with Crippen LogP contribution < -0.4 is 20.1 Å². The van der Waals surface area contributed by atoms with Gasteiger partial charge < -0.3 is 30.1 Å². The largest absolute Gasteiger partial charge is 0.496 e. The number of rotatable bonds is 9. The third-order valence-corrected chi connectivity index (χ3v) is 5.84. The fraction of sp³-hybridized carbons (Fsp3) is 0.417. The molecule has 0 bridgehead atoms. The number of carbonyl (C=O) groups is 2. The molecule has 1 aliphatic heterocycles. The summed E-state index contributed by atoms with van der Waals surface area (Å²) in [4.78, 5) is 26.3. The third-order valence-electron chi connectivity index (χ3n) is 5.53. The van der Waals surface area contributed by atoms with Crippen LogP contribution >= 0.6 is 11.6 Å². The summed E-state index contributed by atoms with van der Waals surface area (Å²) < 4.78 is 23.8. The van der Waals surface area contributed by atoms with Gasteiger partial charge in [0.1, 0.15) is 17.3 Å². The molecule has 1 heterocycles. The van der Waals surface area contributed by atoms with Crippen molar-refractivity contribution in [3.05, 3.63) is 52.8 Å². The van der Waals surface area contributed by atoms with E-state index in [1.165, 1.54) is 38.3 Å². The van der Waals surface area contributed by atoms with Gasteiger partial charge in [-0.2, -0.15) is 0 Å². The number of aliphatic hydroxyl groups is 1. The number of aliphatic hydroxyl groups excluding tert-OH is 1. The van der Waals surface area contributed by atoms with Gasteiger partial charge in [0.25, 0.3) is 5.91 Å². The highest BCUT2D eigenvalue weighted by Crippen LogP contribution is 2.31. The van der Waals surface area contributed by atoms with E-state index in [9.17, 15) is 19.1 Å². The molecule has 0 saturated carbocycles. The van der Waals surface area contributed by atoms with Crippen LogP contribution in [0.15, 0.2) is 36.4 Å². The number of halogens is 2. The molecule has 2 aromatic carbocycles. The van der Waals surface area contributed by atoms with Crippen LogP contribution in [0.5, 0.6) is 11.5 Å². The highest BCUT2D eigenvalue weighted by Gasteiger charge is 2.29. The number of hydrogen-bond acceptors (Lipinski definition) is 6. The van der Waals surface area contributed by atoms with Crippen LogP contribution in [-0.2, 0) is 4.79 Å². The molecular formula is C24H29ClFN3O5. The lowest BCUT2D eigenvalue weighted by Gasteiger charge is -2.36. The number of carbonyl (C=O) groups excluding carboxylic acids is 2. The van der Waals surface area contributed by atoms with Crippen molar-refractivity contribution >= 4 is 29.1 Å². The topological polar surface area (TPSA) is 100 Å². The second-order valence-corrected chi connectivity index (χ2v) is 8.51. The lowest BCUT2D eigenvalue weighted by molar-refractivity contribution is -0.114. The number of nitrogens with one attached hydrogen (secondary N) is 2. The number of ether oxygens (including phenoxy) is 2. The van der Waals surface area contributed by atoms with Crippen LogP contribution in [0.3, 0.4) is 0 Å². The van der Waals surface area contributed by atoms with E-state index in [0.29, 0.717) is 37.6 Å². The first kappa shape index (κ1) is 25.7. The molecule has 0 radical (unpaired) electrons. The van der Waals surface area contributed by atoms with Gasteiger partial charge in [-0.15, -0.1) is 0 Å². The summed E-state index contributed by atoms with van der Waals surface area (Å²) in [6.07, 6.45) is 0.583. The van der Waals surface area contributed by atoms with Gasteiger partial charge >= 0.3 is 0 Å². The number of nitrogens with zero attached hydrogens (tertiary/aromatic N) is 1. The molecule has 0 aromatic heterocycles. The van der Waals surface area contributed by atoms with Crippen LogP contribution in [0, 0.1) is 5.82 Å². The first-order valence-electron chi connectivity index (χ1n) is 11.0. The number of anilines is 1. The Morgan fingerprint density at radius 2 is 2.00 bits per heavy atom. The first-order chi connectivity index (χ1) is 16.3. The number of likely N-dealkylation sites (tertiary alicyclic amines) is 1. The van der Waals surface area contributed by atoms with Crippen molar-refractivity contribution in [1.82, 2.24) is 10.2 Å². The number of piperidine rings is 1. The molecule has 3 rings (SSSR count). The maximum absolute atomic E-state index is 12.9. The van der Waals surface area contributed by atoms with Gasteiger partial charge in [-0.25, -0.2) is 4.39 Å². The Labute approximate surface area is 203 Å². The summed E-state index contributed by atoms with van der Waals surface area (Å²) in [5.41, 5.74) is 0.563. The van der Waals surface area contributed by atoms with Crippen LogP contribution in [0.1, 0.15) is 30.1 Å². The Bertz CT molecular complexity index is 1000. The predicted molar refractivity (Wildman–Crippen MR) is 127 cm³/mol. The summed E-state index contributed by atoms with van der Waals surface area (Å²) >= 11 is 6.21. The molecule has 0 spiro atoms. The fourth-order valence-electron chi connectivity index (χ4n) is 3.81. The number of methoxy groups -OCH3 is 1. The number of β-amino-alcohol motifs (C(OH)–C–C–N with tert-alkyl or cyclic N) is 1. The normalized spacial score (nSPS) is 18.3. The van der Waals surface area contributed by atoms with E-state index in [1.54, 1.807) is 12.1 Å². The Morgan fingerprint density at radius 1 is 1.26 bits per heavy atom. The zero-order valence-corrected chi connectivity index (χ0v) is 19.9. The van der Waals surface area contributed by atoms with E-state index in [2.05, 4.69) is 15.5 Å². The summed E-state index contributed by atoms with van der Waals surface area (Å²) in [5, 5.41) is 16.3. The molecular weight excluding hydrogens is 465 g/mol. The molecule has 2 aromatic rings. The molecule has 184 valence electrons. The lowest BCUT2D eigenvalue weighted by atomic mass is 10.0. The average Bonchev–Trinajstić information content (AvgIpc) is 2.80. The highest BCUT2D eigenvalue weighted by molar-refractivity contribution is 6.34. The fourth-order valence-corrected chi connectivity index (χ4v) is 4.02. The summed E-state index contributed by atoms with van der Waals surface area (Å²) in [7, 11) is 1.42.